The number of carbonyl (C=O) groups is 1. The summed E-state index contributed by atoms with van der Waals surface area (Å²) in [5, 5.41) is -5.00. The minimum absolute atomic E-state index is 0.465. The smallest absolute Gasteiger partial charge is 0.415 e. The lowest BCUT2D eigenvalue weighted by atomic mass is 10.3. The van der Waals surface area contributed by atoms with Crippen LogP contribution in [0.1, 0.15) is 6.92 Å². The van der Waals surface area contributed by atoms with E-state index in [1.165, 1.54) is 0 Å². The highest BCUT2D eigenvalue weighted by Crippen LogP contribution is 2.35. The Morgan fingerprint density at radius 2 is 1.62 bits per heavy atom. The van der Waals surface area contributed by atoms with Crippen molar-refractivity contribution < 1.29 is 39.7 Å². The summed E-state index contributed by atoms with van der Waals surface area (Å²) in [5.41, 5.74) is 0. The lowest BCUT2D eigenvalue weighted by Gasteiger charge is -2.30. The Morgan fingerprint density at radius 1 is 1.25 bits per heavy atom. The number of alkyl halides is 5. The summed E-state index contributed by atoms with van der Waals surface area (Å²) in [7, 11) is -6.55. The van der Waals surface area contributed by atoms with Gasteiger partial charge in [0, 0.05) is 6.92 Å². The third-order valence-corrected chi connectivity index (χ3v) is 2.25. The fourth-order valence-electron chi connectivity index (χ4n) is 0.704. The minimum Gasteiger partial charge on any atom is -0.743 e. The molecule has 0 aliphatic heterocycles. The highest BCUT2D eigenvalue weighted by molar-refractivity contribution is 7.86. The van der Waals surface area contributed by atoms with Gasteiger partial charge in [0.15, 0.2) is 10.1 Å². The van der Waals surface area contributed by atoms with Gasteiger partial charge in [-0.2, -0.15) is 22.0 Å². The van der Waals surface area contributed by atoms with E-state index in [2.05, 4.69) is 0 Å². The van der Waals surface area contributed by atoms with Crippen molar-refractivity contribution in [1.29, 1.82) is 0 Å². The summed E-state index contributed by atoms with van der Waals surface area (Å²) in [6.45, 7) is 0.465. The molecule has 5 nitrogen and oxygen atoms in total. The average Bonchev–Trinajstić information content (AvgIpc) is 1.95. The summed E-state index contributed by atoms with van der Waals surface area (Å²) in [4.78, 5) is 10.2. The van der Waals surface area contributed by atoms with Crippen LogP contribution in [0.4, 0.5) is 22.0 Å². The molecule has 1 unspecified atom stereocenters. The predicted molar refractivity (Wildman–Crippen MR) is 38.3 cm³/mol. The van der Waals surface area contributed by atoms with E-state index in [1.54, 1.807) is 0 Å². The van der Waals surface area contributed by atoms with Gasteiger partial charge in [-0.1, -0.05) is 0 Å². The summed E-state index contributed by atoms with van der Waals surface area (Å²) in [6, 6.07) is -4.07. The molecule has 11 heteroatoms. The van der Waals surface area contributed by atoms with Crippen LogP contribution >= 0.6 is 0 Å². The molecule has 0 heterocycles. The van der Waals surface area contributed by atoms with Crippen molar-refractivity contribution in [3.05, 3.63) is 0 Å². The minimum atomic E-state index is -6.55. The van der Waals surface area contributed by atoms with Crippen LogP contribution in [-0.2, 0) is 14.9 Å². The number of amides is 1. The normalized spacial score (nSPS) is 15.7. The summed E-state index contributed by atoms with van der Waals surface area (Å²) < 4.78 is 91.2. The molecule has 0 fully saturated rings. The van der Waals surface area contributed by atoms with Crippen LogP contribution in [-0.4, -0.2) is 36.4 Å². The van der Waals surface area contributed by atoms with Crippen LogP contribution in [0.25, 0.3) is 0 Å². The Labute approximate surface area is 86.4 Å². The van der Waals surface area contributed by atoms with Crippen molar-refractivity contribution in [2.24, 2.45) is 0 Å². The maximum absolute atomic E-state index is 12.6. The highest BCUT2D eigenvalue weighted by atomic mass is 32.2. The molecule has 0 radical (unpaired) electrons. The number of hydrogen-bond donors (Lipinski definition) is 1. The maximum atomic E-state index is 12.6. The summed E-state index contributed by atoms with van der Waals surface area (Å²) >= 11 is 0. The second kappa shape index (κ2) is 4.13. The van der Waals surface area contributed by atoms with Crippen molar-refractivity contribution in [3.63, 3.8) is 0 Å². The molecule has 16 heavy (non-hydrogen) atoms. The molecule has 0 aliphatic rings. The van der Waals surface area contributed by atoms with E-state index in [9.17, 15) is 39.7 Å². The maximum Gasteiger partial charge on any atom is 0.415 e. The van der Waals surface area contributed by atoms with Crippen molar-refractivity contribution >= 4 is 16.0 Å². The van der Waals surface area contributed by atoms with E-state index in [4.69, 9.17) is 0 Å². The van der Waals surface area contributed by atoms with Gasteiger partial charge in [0.2, 0.25) is 11.9 Å². The second-order valence-corrected chi connectivity index (χ2v) is 4.14. The average molecular weight is 270 g/mol. The van der Waals surface area contributed by atoms with Crippen molar-refractivity contribution in [2.45, 2.75) is 24.4 Å². The Balaban J connectivity index is 5.45. The molecule has 0 aromatic carbocycles. The van der Waals surface area contributed by atoms with E-state index in [0.717, 1.165) is 0 Å². The fraction of sp³-hybridized carbons (Fsp3) is 0.800. The Bertz CT molecular complexity index is 375. The third kappa shape index (κ3) is 3.27. The van der Waals surface area contributed by atoms with Gasteiger partial charge in [-0.3, -0.25) is 4.79 Å². The number of hydrogen-bond acceptors (Lipinski definition) is 4. The first-order valence-corrected chi connectivity index (χ1v) is 4.88. The molecular formula is C5H5F5NO4S-. The molecule has 0 bridgehead atoms. The zero-order valence-electron chi connectivity index (χ0n) is 7.51. The Morgan fingerprint density at radius 3 is 1.81 bits per heavy atom. The van der Waals surface area contributed by atoms with Crippen LogP contribution in [0.15, 0.2) is 0 Å². The quantitative estimate of drug-likeness (QED) is 0.586. The molecule has 1 N–H and O–H groups in total. The number of carbonyl (C=O) groups excluding carboxylic acids is 1. The van der Waals surface area contributed by atoms with Crippen molar-refractivity contribution in [3.8, 4) is 0 Å². The molecule has 0 spiro atoms. The zero-order valence-corrected chi connectivity index (χ0v) is 8.32. The molecule has 0 saturated heterocycles. The van der Waals surface area contributed by atoms with Gasteiger partial charge < -0.3 is 9.87 Å². The molecular weight excluding hydrogens is 265 g/mol. The molecule has 96 valence electrons. The fourth-order valence-corrected chi connectivity index (χ4v) is 1.19. The molecule has 1 atom stereocenters. The first-order valence-electron chi connectivity index (χ1n) is 3.47. The van der Waals surface area contributed by atoms with Gasteiger partial charge in [-0.15, -0.1) is 0 Å². The molecule has 0 rings (SSSR count). The van der Waals surface area contributed by atoms with Crippen LogP contribution in [0.3, 0.4) is 0 Å². The van der Waals surface area contributed by atoms with Crippen LogP contribution in [0.2, 0.25) is 0 Å². The van der Waals surface area contributed by atoms with E-state index in [-0.39, 0.29) is 0 Å². The van der Waals surface area contributed by atoms with Crippen molar-refractivity contribution in [2.75, 3.05) is 0 Å². The topological polar surface area (TPSA) is 86.3 Å². The number of halogens is 5. The van der Waals surface area contributed by atoms with Gasteiger partial charge in [0.05, 0.1) is 0 Å². The molecule has 1 amide bonds. The number of nitrogens with one attached hydrogen (secondary N) is 1. The van der Waals surface area contributed by atoms with E-state index in [0.29, 0.717) is 12.2 Å². The van der Waals surface area contributed by atoms with Crippen LogP contribution in [0.5, 0.6) is 0 Å². The van der Waals surface area contributed by atoms with E-state index < -0.39 is 33.5 Å². The third-order valence-electron chi connectivity index (χ3n) is 1.34. The van der Waals surface area contributed by atoms with Crippen LogP contribution < -0.4 is 5.32 Å². The Kier molecular flexibility index (Phi) is 3.88. The zero-order chi connectivity index (χ0) is 13.4. The highest BCUT2D eigenvalue weighted by Gasteiger charge is 2.60. The van der Waals surface area contributed by atoms with E-state index in [1.807, 2.05) is 0 Å². The summed E-state index contributed by atoms with van der Waals surface area (Å²) in [6.07, 6.45) is -5.77. The van der Waals surface area contributed by atoms with Gasteiger partial charge >= 0.3 is 11.4 Å². The van der Waals surface area contributed by atoms with Gasteiger partial charge in [0.1, 0.15) is 0 Å². The molecule has 0 aromatic rings. The lowest BCUT2D eigenvalue weighted by molar-refractivity contribution is -0.196. The molecule has 0 saturated carbocycles. The predicted octanol–water partition coefficient (Wildman–Crippen LogP) is 0.191. The largest absolute Gasteiger partial charge is 0.743 e. The van der Waals surface area contributed by atoms with Gasteiger partial charge in [-0.05, 0) is 0 Å². The first kappa shape index (κ1) is 15.0. The standard InChI is InChI=1S/C5H6F5NO4S/c1-2(12)11-3(4(6,7)8)5(9,10)16(13,14)15/h3H,1H3,(H,11,12)(H,13,14,15)/p-1. The van der Waals surface area contributed by atoms with Crippen molar-refractivity contribution in [1.82, 2.24) is 5.32 Å². The first-order chi connectivity index (χ1) is 6.80. The Hall–Kier alpha value is -0.970. The lowest BCUT2D eigenvalue weighted by Crippen LogP contribution is -2.58. The van der Waals surface area contributed by atoms with Crippen LogP contribution in [0, 0.1) is 0 Å². The van der Waals surface area contributed by atoms with E-state index >= 15 is 0 Å². The van der Waals surface area contributed by atoms with Gasteiger partial charge in [0.25, 0.3) is 0 Å². The SMILES string of the molecule is CC(=O)NC(C(F)(F)F)C(F)(F)S(=O)(=O)[O-]. The molecule has 0 aliphatic carbocycles. The molecule has 0 aromatic heterocycles. The van der Waals surface area contributed by atoms with Gasteiger partial charge in [-0.25, -0.2) is 8.42 Å². The second-order valence-electron chi connectivity index (χ2n) is 2.69. The summed E-state index contributed by atoms with van der Waals surface area (Å²) in [5.74, 6) is -1.55. The monoisotopic (exact) mass is 270 g/mol. The number of rotatable bonds is 3.